The Morgan fingerprint density at radius 3 is 3.19 bits per heavy atom. The summed E-state index contributed by atoms with van der Waals surface area (Å²) >= 11 is 1.74. The van der Waals surface area contributed by atoms with Gasteiger partial charge in [0.15, 0.2) is 5.16 Å². The lowest BCUT2D eigenvalue weighted by atomic mass is 10.2. The molecular weight excluding hydrogens is 352 g/mol. The van der Waals surface area contributed by atoms with Gasteiger partial charge in [-0.3, -0.25) is 0 Å². The fraction of sp³-hybridized carbons (Fsp3) is 0.444. The summed E-state index contributed by atoms with van der Waals surface area (Å²) in [6.07, 6.45) is 4.22. The van der Waals surface area contributed by atoms with Gasteiger partial charge in [0.05, 0.1) is 24.0 Å². The Bertz CT molecular complexity index is 752. The average Bonchev–Trinajstić information content (AvgIpc) is 3.36. The minimum absolute atomic E-state index is 0.137. The predicted octanol–water partition coefficient (Wildman–Crippen LogP) is 2.87. The monoisotopic (exact) mass is 374 g/mol. The molecule has 26 heavy (non-hydrogen) atoms. The summed E-state index contributed by atoms with van der Waals surface area (Å²) < 4.78 is 13.5. The molecule has 8 heteroatoms. The van der Waals surface area contributed by atoms with E-state index in [9.17, 15) is 4.79 Å². The van der Waals surface area contributed by atoms with Crippen LogP contribution >= 0.6 is 11.8 Å². The number of fused-ring (bicyclic) bond motifs is 1. The Morgan fingerprint density at radius 2 is 2.35 bits per heavy atom. The summed E-state index contributed by atoms with van der Waals surface area (Å²) in [5.74, 6) is 1.72. The first-order chi connectivity index (χ1) is 12.8. The molecular formula is C18H22N4O3S. The van der Waals surface area contributed by atoms with Gasteiger partial charge in [-0.25, -0.2) is 9.78 Å². The predicted molar refractivity (Wildman–Crippen MR) is 99.7 cm³/mol. The van der Waals surface area contributed by atoms with E-state index in [0.717, 1.165) is 42.6 Å². The highest BCUT2D eigenvalue weighted by Gasteiger charge is 2.17. The van der Waals surface area contributed by atoms with E-state index in [1.54, 1.807) is 11.8 Å². The van der Waals surface area contributed by atoms with Crippen molar-refractivity contribution in [2.45, 2.75) is 37.2 Å². The fourth-order valence-electron chi connectivity index (χ4n) is 3.04. The summed E-state index contributed by atoms with van der Waals surface area (Å²) in [5, 5.41) is 6.72. The van der Waals surface area contributed by atoms with Crippen LogP contribution in [-0.2, 0) is 17.8 Å². The molecule has 138 valence electrons. The van der Waals surface area contributed by atoms with E-state index in [4.69, 9.17) is 9.47 Å². The molecule has 1 atom stereocenters. The maximum Gasteiger partial charge on any atom is 0.319 e. The van der Waals surface area contributed by atoms with Gasteiger partial charge in [-0.1, -0.05) is 23.9 Å². The second kappa shape index (κ2) is 8.01. The van der Waals surface area contributed by atoms with Crippen LogP contribution in [0.1, 0.15) is 18.5 Å². The van der Waals surface area contributed by atoms with E-state index in [1.807, 2.05) is 30.5 Å². The van der Waals surface area contributed by atoms with Crippen molar-refractivity contribution in [3.63, 3.8) is 0 Å². The zero-order chi connectivity index (χ0) is 17.8. The molecule has 2 N–H and O–H groups in total. The van der Waals surface area contributed by atoms with Crippen LogP contribution in [0.25, 0.3) is 0 Å². The molecule has 4 rings (SSSR count). The minimum Gasteiger partial charge on any atom is -0.489 e. The Hall–Kier alpha value is -2.19. The molecule has 2 aromatic rings. The molecule has 2 amide bonds. The third-order valence-corrected chi connectivity index (χ3v) is 5.34. The van der Waals surface area contributed by atoms with Crippen LogP contribution in [-0.4, -0.2) is 40.7 Å². The lowest BCUT2D eigenvalue weighted by Crippen LogP contribution is -2.28. The van der Waals surface area contributed by atoms with Gasteiger partial charge in [-0.05, 0) is 25.0 Å². The average molecular weight is 374 g/mol. The Morgan fingerprint density at radius 1 is 1.42 bits per heavy atom. The number of carbonyl (C=O) groups is 1. The molecule has 1 aromatic carbocycles. The van der Waals surface area contributed by atoms with Crippen molar-refractivity contribution in [1.29, 1.82) is 0 Å². The molecule has 0 spiro atoms. The number of para-hydroxylation sites is 2. The number of carbonyl (C=O) groups excluding carboxylic acids is 1. The molecule has 0 radical (unpaired) electrons. The van der Waals surface area contributed by atoms with Gasteiger partial charge >= 0.3 is 6.03 Å². The molecule has 2 aliphatic rings. The molecule has 3 heterocycles. The molecule has 1 fully saturated rings. The van der Waals surface area contributed by atoms with E-state index < -0.39 is 0 Å². The van der Waals surface area contributed by atoms with Crippen molar-refractivity contribution in [2.24, 2.45) is 0 Å². The molecule has 0 unspecified atom stereocenters. The van der Waals surface area contributed by atoms with Crippen LogP contribution in [0, 0.1) is 0 Å². The van der Waals surface area contributed by atoms with Gasteiger partial charge in [0.2, 0.25) is 0 Å². The first-order valence-electron chi connectivity index (χ1n) is 8.85. The number of urea groups is 1. The number of benzene rings is 1. The minimum atomic E-state index is -0.279. The van der Waals surface area contributed by atoms with Gasteiger partial charge in [0, 0.05) is 25.1 Å². The number of thioether (sulfide) groups is 1. The number of amides is 2. The van der Waals surface area contributed by atoms with Crippen LogP contribution in [0.15, 0.2) is 35.6 Å². The molecule has 0 bridgehead atoms. The van der Waals surface area contributed by atoms with E-state index >= 15 is 0 Å². The first kappa shape index (κ1) is 17.2. The van der Waals surface area contributed by atoms with Gasteiger partial charge in [0.25, 0.3) is 0 Å². The summed E-state index contributed by atoms with van der Waals surface area (Å²) in [5.41, 5.74) is 1.51. The Labute approximate surface area is 156 Å². The highest BCUT2D eigenvalue weighted by molar-refractivity contribution is 7.99. The summed E-state index contributed by atoms with van der Waals surface area (Å²) in [7, 11) is 0. The number of ether oxygens (including phenoxy) is 2. The van der Waals surface area contributed by atoms with Crippen molar-refractivity contribution in [3.8, 4) is 5.75 Å². The molecule has 0 saturated carbocycles. The van der Waals surface area contributed by atoms with Crippen molar-refractivity contribution < 1.29 is 14.3 Å². The normalized spacial score (nSPS) is 18.5. The van der Waals surface area contributed by atoms with Gasteiger partial charge in [-0.15, -0.1) is 0 Å². The summed E-state index contributed by atoms with van der Waals surface area (Å²) in [6.45, 7) is 2.67. The van der Waals surface area contributed by atoms with Crippen LogP contribution < -0.4 is 15.4 Å². The molecule has 1 saturated heterocycles. The van der Waals surface area contributed by atoms with Gasteiger partial charge < -0.3 is 24.7 Å². The standard InChI is InChI=1S/C18H22N4O3S/c23-17(19-10-13-11-22-7-9-26-18(22)20-13)21-15-5-1-2-6-16(15)25-12-14-4-3-8-24-14/h1-2,5-6,11,14H,3-4,7-10,12H2,(H2,19,21,23)/t14-/m1/s1. The number of hydrogen-bond donors (Lipinski definition) is 2. The van der Waals surface area contributed by atoms with Crippen molar-refractivity contribution >= 4 is 23.5 Å². The maximum absolute atomic E-state index is 12.2. The second-order valence-electron chi connectivity index (χ2n) is 6.31. The van der Waals surface area contributed by atoms with Crippen LogP contribution in [0.4, 0.5) is 10.5 Å². The fourth-order valence-corrected chi connectivity index (χ4v) is 4.00. The molecule has 2 aliphatic heterocycles. The number of aromatic nitrogens is 2. The SMILES string of the molecule is O=C(NCc1cn2c(n1)SCC2)Nc1ccccc1OC[C@H]1CCCO1. The second-order valence-corrected chi connectivity index (χ2v) is 7.37. The van der Waals surface area contributed by atoms with Crippen molar-refractivity contribution in [1.82, 2.24) is 14.9 Å². The highest BCUT2D eigenvalue weighted by atomic mass is 32.2. The molecule has 0 aliphatic carbocycles. The summed E-state index contributed by atoms with van der Waals surface area (Å²) in [6, 6.07) is 7.15. The van der Waals surface area contributed by atoms with Crippen LogP contribution in [0.2, 0.25) is 0 Å². The number of aryl methyl sites for hydroxylation is 1. The number of nitrogens with zero attached hydrogens (tertiary/aromatic N) is 2. The zero-order valence-electron chi connectivity index (χ0n) is 14.4. The number of anilines is 1. The lowest BCUT2D eigenvalue weighted by molar-refractivity contribution is 0.0682. The zero-order valence-corrected chi connectivity index (χ0v) is 15.3. The van der Waals surface area contributed by atoms with Crippen molar-refractivity contribution in [2.75, 3.05) is 24.3 Å². The highest BCUT2D eigenvalue weighted by Crippen LogP contribution is 2.26. The Kier molecular flexibility index (Phi) is 5.31. The third kappa shape index (κ3) is 4.13. The van der Waals surface area contributed by atoms with E-state index in [0.29, 0.717) is 24.6 Å². The maximum atomic E-state index is 12.2. The largest absolute Gasteiger partial charge is 0.489 e. The van der Waals surface area contributed by atoms with Gasteiger partial charge in [-0.2, -0.15) is 0 Å². The number of imidazole rings is 1. The number of rotatable bonds is 6. The first-order valence-corrected chi connectivity index (χ1v) is 9.83. The summed E-state index contributed by atoms with van der Waals surface area (Å²) in [4.78, 5) is 16.7. The Balaban J connectivity index is 1.30. The molecule has 1 aromatic heterocycles. The van der Waals surface area contributed by atoms with E-state index in [-0.39, 0.29) is 12.1 Å². The van der Waals surface area contributed by atoms with Gasteiger partial charge in [0.1, 0.15) is 12.4 Å². The number of nitrogens with one attached hydrogen (secondary N) is 2. The van der Waals surface area contributed by atoms with E-state index in [1.165, 1.54) is 0 Å². The third-order valence-electron chi connectivity index (χ3n) is 4.37. The number of hydrogen-bond acceptors (Lipinski definition) is 5. The quantitative estimate of drug-likeness (QED) is 0.813. The van der Waals surface area contributed by atoms with Crippen molar-refractivity contribution in [3.05, 3.63) is 36.2 Å². The topological polar surface area (TPSA) is 77.4 Å². The van der Waals surface area contributed by atoms with Crippen LogP contribution in [0.5, 0.6) is 5.75 Å². The van der Waals surface area contributed by atoms with E-state index in [2.05, 4.69) is 20.2 Å². The lowest BCUT2D eigenvalue weighted by Gasteiger charge is -2.15. The smallest absolute Gasteiger partial charge is 0.319 e. The van der Waals surface area contributed by atoms with Crippen LogP contribution in [0.3, 0.4) is 0 Å². The molecule has 7 nitrogen and oxygen atoms in total.